The van der Waals surface area contributed by atoms with Gasteiger partial charge in [-0.1, -0.05) is 24.3 Å². The lowest BCUT2D eigenvalue weighted by Crippen LogP contribution is -2.33. The predicted molar refractivity (Wildman–Crippen MR) is 90.3 cm³/mol. The number of fused-ring (bicyclic) bond motifs is 1. The second kappa shape index (κ2) is 7.03. The van der Waals surface area contributed by atoms with Gasteiger partial charge in [-0.15, -0.1) is 0 Å². The van der Waals surface area contributed by atoms with Gasteiger partial charge in [0.05, 0.1) is 18.2 Å². The smallest absolute Gasteiger partial charge is 0.226 e. The molecule has 0 spiro atoms. The topological polar surface area (TPSA) is 49.4 Å². The molecule has 0 aliphatic carbocycles. The van der Waals surface area contributed by atoms with E-state index in [2.05, 4.69) is 5.32 Å². The van der Waals surface area contributed by atoms with Gasteiger partial charge in [0.15, 0.2) is 17.5 Å². The molecule has 2 aromatic carbocycles. The third-order valence-corrected chi connectivity index (χ3v) is 4.16. The van der Waals surface area contributed by atoms with Crippen LogP contribution in [-0.2, 0) is 9.59 Å². The van der Waals surface area contributed by atoms with E-state index in [1.807, 2.05) is 12.1 Å². The zero-order valence-corrected chi connectivity index (χ0v) is 13.8. The Morgan fingerprint density at radius 3 is 2.54 bits per heavy atom. The Hall–Kier alpha value is -3.09. The summed E-state index contributed by atoms with van der Waals surface area (Å²) in [6, 6.07) is 8.37. The minimum absolute atomic E-state index is 0.167. The van der Waals surface area contributed by atoms with Crippen LogP contribution in [0.2, 0.25) is 0 Å². The molecule has 3 rings (SSSR count). The van der Waals surface area contributed by atoms with Crippen LogP contribution in [0.15, 0.2) is 42.6 Å². The van der Waals surface area contributed by atoms with Gasteiger partial charge in [0.2, 0.25) is 11.8 Å². The van der Waals surface area contributed by atoms with Gasteiger partial charge in [-0.2, -0.15) is 0 Å². The summed E-state index contributed by atoms with van der Waals surface area (Å²) in [5.74, 6) is -5.34. The van der Waals surface area contributed by atoms with Crippen molar-refractivity contribution in [3.63, 3.8) is 0 Å². The van der Waals surface area contributed by atoms with E-state index in [4.69, 9.17) is 0 Å². The number of hydrogen-bond acceptors (Lipinski definition) is 2. The van der Waals surface area contributed by atoms with Crippen molar-refractivity contribution in [2.75, 3.05) is 5.32 Å². The fourth-order valence-corrected chi connectivity index (χ4v) is 2.91. The van der Waals surface area contributed by atoms with Crippen molar-refractivity contribution in [2.24, 2.45) is 0 Å². The summed E-state index contributed by atoms with van der Waals surface area (Å²) in [6.45, 7) is 1.37. The molecule has 134 valence electrons. The number of amides is 2. The number of benzene rings is 2. The van der Waals surface area contributed by atoms with Crippen LogP contribution in [0.1, 0.15) is 30.5 Å². The van der Waals surface area contributed by atoms with Crippen molar-refractivity contribution >= 4 is 23.6 Å². The third-order valence-electron chi connectivity index (χ3n) is 4.16. The molecule has 0 radical (unpaired) electrons. The van der Waals surface area contributed by atoms with Crippen LogP contribution in [0, 0.1) is 17.5 Å². The molecule has 0 saturated carbocycles. The average Bonchev–Trinajstić information content (AvgIpc) is 2.62. The van der Waals surface area contributed by atoms with Crippen molar-refractivity contribution in [1.29, 1.82) is 0 Å². The highest BCUT2D eigenvalue weighted by atomic mass is 19.2. The van der Waals surface area contributed by atoms with Gasteiger partial charge in [0, 0.05) is 13.1 Å². The molecule has 7 heteroatoms. The molecule has 0 unspecified atom stereocenters. The van der Waals surface area contributed by atoms with Gasteiger partial charge >= 0.3 is 0 Å². The monoisotopic (exact) mass is 360 g/mol. The normalized spacial score (nSPS) is 15.5. The molecule has 2 amide bonds. The van der Waals surface area contributed by atoms with Crippen molar-refractivity contribution < 1.29 is 22.8 Å². The highest BCUT2D eigenvalue weighted by Crippen LogP contribution is 2.33. The molecule has 0 saturated heterocycles. The van der Waals surface area contributed by atoms with Gasteiger partial charge in [-0.25, -0.2) is 13.2 Å². The van der Waals surface area contributed by atoms with Crippen LogP contribution >= 0.6 is 0 Å². The van der Waals surface area contributed by atoms with Crippen LogP contribution in [0.5, 0.6) is 0 Å². The van der Waals surface area contributed by atoms with Crippen molar-refractivity contribution in [1.82, 2.24) is 4.90 Å². The predicted octanol–water partition coefficient (Wildman–Crippen LogP) is 4.01. The van der Waals surface area contributed by atoms with E-state index in [-0.39, 0.29) is 12.3 Å². The van der Waals surface area contributed by atoms with E-state index in [0.717, 1.165) is 23.3 Å². The first-order valence-corrected chi connectivity index (χ1v) is 7.88. The Bertz CT molecular complexity index is 912. The molecule has 0 bridgehead atoms. The highest BCUT2D eigenvalue weighted by molar-refractivity contribution is 5.92. The second-order valence-electron chi connectivity index (χ2n) is 5.86. The largest absolute Gasteiger partial charge is 0.323 e. The van der Waals surface area contributed by atoms with Crippen molar-refractivity contribution in [2.45, 2.75) is 19.4 Å². The first-order valence-electron chi connectivity index (χ1n) is 7.88. The summed E-state index contributed by atoms with van der Waals surface area (Å²) >= 11 is 0. The first-order chi connectivity index (χ1) is 12.4. The number of nitrogens with one attached hydrogen (secondary N) is 1. The highest BCUT2D eigenvalue weighted by Gasteiger charge is 2.28. The van der Waals surface area contributed by atoms with E-state index in [1.165, 1.54) is 11.8 Å². The average molecular weight is 360 g/mol. The second-order valence-corrected chi connectivity index (χ2v) is 5.86. The molecule has 4 nitrogen and oxygen atoms in total. The number of hydrogen-bond donors (Lipinski definition) is 1. The molecule has 0 aromatic heterocycles. The van der Waals surface area contributed by atoms with Crippen LogP contribution in [0.25, 0.3) is 6.08 Å². The number of halogens is 3. The molecule has 1 N–H and O–H groups in total. The van der Waals surface area contributed by atoms with Gasteiger partial charge in [-0.05, 0) is 29.3 Å². The lowest BCUT2D eigenvalue weighted by Gasteiger charge is -2.32. The number of nitrogens with zero attached hydrogens (tertiary/aromatic N) is 1. The van der Waals surface area contributed by atoms with E-state index in [9.17, 15) is 22.8 Å². The standard InChI is InChI=1S/C19H15F3N2O2/c1-11(25)24-9-8-12-4-2-3-5-13(12)16(24)10-17(26)23-15-7-6-14(20)18(21)19(15)22/h2-9,16H,10H2,1H3,(H,23,26)/t16-/m0/s1. The van der Waals surface area contributed by atoms with Crippen LogP contribution in [0.4, 0.5) is 18.9 Å². The minimum Gasteiger partial charge on any atom is -0.323 e. The van der Waals surface area contributed by atoms with E-state index >= 15 is 0 Å². The van der Waals surface area contributed by atoms with Gasteiger partial charge in [0.1, 0.15) is 0 Å². The molecule has 1 aliphatic heterocycles. The Morgan fingerprint density at radius 2 is 1.81 bits per heavy atom. The van der Waals surface area contributed by atoms with Crippen molar-refractivity contribution in [3.05, 3.63) is 71.2 Å². The molecule has 1 atom stereocenters. The molecule has 2 aromatic rings. The Balaban J connectivity index is 1.84. The summed E-state index contributed by atoms with van der Waals surface area (Å²) in [4.78, 5) is 25.6. The fourth-order valence-electron chi connectivity index (χ4n) is 2.91. The van der Waals surface area contributed by atoms with E-state index in [0.29, 0.717) is 0 Å². The summed E-state index contributed by atoms with van der Waals surface area (Å²) in [7, 11) is 0. The molecule has 1 heterocycles. The molecule has 0 fully saturated rings. The number of carbonyl (C=O) groups is 2. The van der Waals surface area contributed by atoms with Crippen molar-refractivity contribution in [3.8, 4) is 0 Å². The quantitative estimate of drug-likeness (QED) is 0.841. The van der Waals surface area contributed by atoms with Gasteiger partial charge < -0.3 is 10.2 Å². The third kappa shape index (κ3) is 3.33. The molecular formula is C19H15F3N2O2. The zero-order valence-electron chi connectivity index (χ0n) is 13.8. The number of anilines is 1. The first kappa shape index (κ1) is 17.7. The Labute approximate surface area is 147 Å². The summed E-state index contributed by atoms with van der Waals surface area (Å²) < 4.78 is 40.0. The molecule has 1 aliphatic rings. The minimum atomic E-state index is -1.65. The maximum Gasteiger partial charge on any atom is 0.226 e. The number of carbonyl (C=O) groups excluding carboxylic acids is 2. The van der Waals surface area contributed by atoms with Gasteiger partial charge in [-0.3, -0.25) is 9.59 Å². The summed E-state index contributed by atoms with van der Waals surface area (Å²) in [5, 5.41) is 2.23. The van der Waals surface area contributed by atoms with E-state index < -0.39 is 35.1 Å². The molecular weight excluding hydrogens is 345 g/mol. The Kier molecular flexibility index (Phi) is 4.79. The Morgan fingerprint density at radius 1 is 1.08 bits per heavy atom. The van der Waals surface area contributed by atoms with Crippen LogP contribution in [-0.4, -0.2) is 16.7 Å². The SMILES string of the molecule is CC(=O)N1C=Cc2ccccc2[C@@H]1CC(=O)Nc1ccc(F)c(F)c1F. The van der Waals surface area contributed by atoms with Crippen LogP contribution < -0.4 is 5.32 Å². The fraction of sp³-hybridized carbons (Fsp3) is 0.158. The lowest BCUT2D eigenvalue weighted by molar-refractivity contribution is -0.129. The van der Waals surface area contributed by atoms with Crippen LogP contribution in [0.3, 0.4) is 0 Å². The summed E-state index contributed by atoms with van der Waals surface area (Å²) in [6.07, 6.45) is 3.18. The zero-order chi connectivity index (χ0) is 18.8. The lowest BCUT2D eigenvalue weighted by atomic mass is 9.93. The summed E-state index contributed by atoms with van der Waals surface area (Å²) in [5.41, 5.74) is 1.18. The van der Waals surface area contributed by atoms with E-state index in [1.54, 1.807) is 24.4 Å². The van der Waals surface area contributed by atoms with Gasteiger partial charge in [0.25, 0.3) is 0 Å². The molecule has 26 heavy (non-hydrogen) atoms. The number of rotatable bonds is 3. The maximum atomic E-state index is 13.7. The maximum absolute atomic E-state index is 13.7.